The Kier molecular flexibility index (Phi) is 8.17. The Morgan fingerprint density at radius 2 is 1.67 bits per heavy atom. The monoisotopic (exact) mass is 412 g/mol. The summed E-state index contributed by atoms with van der Waals surface area (Å²) >= 11 is 0. The molecule has 30 heavy (non-hydrogen) atoms. The highest BCUT2D eigenvalue weighted by molar-refractivity contribution is 6.05. The number of imide groups is 1. The number of fused-ring (bicyclic) bond motifs is 1. The average Bonchev–Trinajstić information content (AvgIpc) is 3.05. The minimum absolute atomic E-state index is 0.112. The third kappa shape index (κ3) is 5.77. The zero-order valence-electron chi connectivity index (χ0n) is 17.7. The number of hydrogen-bond acceptors (Lipinski definition) is 4. The van der Waals surface area contributed by atoms with Gasteiger partial charge in [0.15, 0.2) is 0 Å². The van der Waals surface area contributed by atoms with Crippen LogP contribution in [0.5, 0.6) is 0 Å². The molecule has 6 nitrogen and oxygen atoms in total. The third-order valence-corrected chi connectivity index (χ3v) is 6.13. The van der Waals surface area contributed by atoms with Crippen molar-refractivity contribution in [1.29, 1.82) is 0 Å². The fraction of sp³-hybridized carbons (Fsp3) is 0.583. The van der Waals surface area contributed by atoms with Crippen LogP contribution in [0.3, 0.4) is 0 Å². The van der Waals surface area contributed by atoms with Crippen molar-refractivity contribution in [3.05, 3.63) is 34.9 Å². The maximum absolute atomic E-state index is 12.7. The SMILES string of the molecule is O=CCCCCCCCCCCc1ccc2c(c1)CN(C1CCC(=O)NC1=O)C2=O. The van der Waals surface area contributed by atoms with Crippen LogP contribution in [0, 0.1) is 0 Å². The minimum Gasteiger partial charge on any atom is -0.322 e. The number of benzene rings is 1. The van der Waals surface area contributed by atoms with E-state index in [9.17, 15) is 19.2 Å². The molecule has 0 bridgehead atoms. The number of aldehydes is 1. The van der Waals surface area contributed by atoms with E-state index in [-0.39, 0.29) is 24.1 Å². The second-order valence-corrected chi connectivity index (χ2v) is 8.43. The van der Waals surface area contributed by atoms with E-state index in [0.29, 0.717) is 24.9 Å². The van der Waals surface area contributed by atoms with Gasteiger partial charge >= 0.3 is 0 Å². The van der Waals surface area contributed by atoms with Gasteiger partial charge in [-0.3, -0.25) is 19.7 Å². The molecule has 0 aromatic heterocycles. The average molecular weight is 413 g/mol. The first kappa shape index (κ1) is 22.2. The number of carbonyl (C=O) groups excluding carboxylic acids is 4. The van der Waals surface area contributed by atoms with Gasteiger partial charge < -0.3 is 9.69 Å². The number of nitrogens with zero attached hydrogens (tertiary/aromatic N) is 1. The molecule has 0 spiro atoms. The number of unbranched alkanes of at least 4 members (excludes halogenated alkanes) is 8. The standard InChI is InChI=1S/C24H32N2O4/c27-15-9-7-5-3-1-2-4-6-8-10-18-11-12-20-19(16-18)17-26(24(20)30)21-13-14-22(28)25-23(21)29/h11-12,15-16,21H,1-10,13-14,17H2,(H,25,28,29). The zero-order chi connectivity index (χ0) is 21.3. The number of carbonyl (C=O) groups is 4. The number of hydrogen-bond donors (Lipinski definition) is 1. The van der Waals surface area contributed by atoms with Crippen LogP contribution in [0.15, 0.2) is 18.2 Å². The Morgan fingerprint density at radius 3 is 2.37 bits per heavy atom. The van der Waals surface area contributed by atoms with Crippen molar-refractivity contribution in [2.75, 3.05) is 0 Å². The smallest absolute Gasteiger partial charge is 0.255 e. The predicted molar refractivity (Wildman–Crippen MR) is 114 cm³/mol. The van der Waals surface area contributed by atoms with E-state index in [0.717, 1.165) is 37.5 Å². The largest absolute Gasteiger partial charge is 0.322 e. The molecule has 1 saturated heterocycles. The summed E-state index contributed by atoms with van der Waals surface area (Å²) in [5.41, 5.74) is 2.90. The van der Waals surface area contributed by atoms with Crippen LogP contribution in [0.2, 0.25) is 0 Å². The molecule has 1 fully saturated rings. The molecule has 1 aromatic rings. The van der Waals surface area contributed by atoms with Gasteiger partial charge in [0.05, 0.1) is 0 Å². The van der Waals surface area contributed by atoms with Crippen molar-refractivity contribution in [3.8, 4) is 0 Å². The number of nitrogens with one attached hydrogen (secondary N) is 1. The highest BCUT2D eigenvalue weighted by Gasteiger charge is 2.38. The third-order valence-electron chi connectivity index (χ3n) is 6.13. The second-order valence-electron chi connectivity index (χ2n) is 8.43. The molecule has 2 aliphatic rings. The fourth-order valence-corrected chi connectivity index (χ4v) is 4.40. The molecule has 0 aliphatic carbocycles. The first-order valence-electron chi connectivity index (χ1n) is 11.3. The number of amides is 3. The summed E-state index contributed by atoms with van der Waals surface area (Å²) in [7, 11) is 0. The van der Waals surface area contributed by atoms with Crippen molar-refractivity contribution >= 4 is 24.0 Å². The van der Waals surface area contributed by atoms with Gasteiger partial charge in [-0.15, -0.1) is 0 Å². The molecule has 3 amide bonds. The van der Waals surface area contributed by atoms with Crippen LogP contribution >= 0.6 is 0 Å². The van der Waals surface area contributed by atoms with E-state index in [2.05, 4.69) is 11.4 Å². The van der Waals surface area contributed by atoms with Gasteiger partial charge in [-0.2, -0.15) is 0 Å². The molecular formula is C24H32N2O4. The van der Waals surface area contributed by atoms with Crippen molar-refractivity contribution in [2.45, 2.75) is 89.6 Å². The predicted octanol–water partition coefficient (Wildman–Crippen LogP) is 3.70. The summed E-state index contributed by atoms with van der Waals surface area (Å²) in [5.74, 6) is -0.740. The van der Waals surface area contributed by atoms with Crippen LogP contribution in [-0.4, -0.2) is 34.9 Å². The first-order valence-corrected chi connectivity index (χ1v) is 11.3. The number of piperidine rings is 1. The fourth-order valence-electron chi connectivity index (χ4n) is 4.40. The van der Waals surface area contributed by atoms with Crippen LogP contribution in [0.25, 0.3) is 0 Å². The van der Waals surface area contributed by atoms with Gasteiger partial charge in [0.1, 0.15) is 12.3 Å². The van der Waals surface area contributed by atoms with Gasteiger partial charge in [0, 0.05) is 24.9 Å². The molecular weight excluding hydrogens is 380 g/mol. The molecule has 2 aliphatic heterocycles. The van der Waals surface area contributed by atoms with Crippen LogP contribution in [0.1, 0.15) is 92.1 Å². The molecule has 1 unspecified atom stereocenters. The maximum Gasteiger partial charge on any atom is 0.255 e. The van der Waals surface area contributed by atoms with E-state index in [1.165, 1.54) is 37.7 Å². The number of aryl methyl sites for hydroxylation is 1. The highest BCUT2D eigenvalue weighted by atomic mass is 16.2. The second kappa shape index (κ2) is 11.0. The summed E-state index contributed by atoms with van der Waals surface area (Å²) in [6.07, 6.45) is 12.8. The van der Waals surface area contributed by atoms with Gasteiger partial charge in [-0.1, -0.05) is 50.7 Å². The summed E-state index contributed by atoms with van der Waals surface area (Å²) < 4.78 is 0. The van der Waals surface area contributed by atoms with E-state index in [4.69, 9.17) is 0 Å². The normalized spacial score (nSPS) is 18.5. The van der Waals surface area contributed by atoms with E-state index in [1.807, 2.05) is 12.1 Å². The Balaban J connectivity index is 1.40. The summed E-state index contributed by atoms with van der Waals surface area (Å²) in [4.78, 5) is 48.1. The molecule has 1 atom stereocenters. The lowest BCUT2D eigenvalue weighted by Crippen LogP contribution is -2.52. The van der Waals surface area contributed by atoms with Crippen molar-refractivity contribution in [2.24, 2.45) is 0 Å². The molecule has 162 valence electrons. The summed E-state index contributed by atoms with van der Waals surface area (Å²) in [5, 5.41) is 2.34. The van der Waals surface area contributed by atoms with Crippen LogP contribution in [0.4, 0.5) is 0 Å². The topological polar surface area (TPSA) is 83.6 Å². The Hall–Kier alpha value is -2.50. The summed E-state index contributed by atoms with van der Waals surface area (Å²) in [6.45, 7) is 0.443. The molecule has 2 heterocycles. The molecule has 1 N–H and O–H groups in total. The van der Waals surface area contributed by atoms with Gasteiger partial charge in [0.25, 0.3) is 5.91 Å². The van der Waals surface area contributed by atoms with Crippen molar-refractivity contribution in [3.63, 3.8) is 0 Å². The van der Waals surface area contributed by atoms with Gasteiger partial charge in [-0.25, -0.2) is 0 Å². The van der Waals surface area contributed by atoms with Crippen LogP contribution in [-0.2, 0) is 27.3 Å². The van der Waals surface area contributed by atoms with Gasteiger partial charge in [-0.05, 0) is 42.9 Å². The molecule has 0 saturated carbocycles. The molecule has 6 heteroatoms. The van der Waals surface area contributed by atoms with E-state index >= 15 is 0 Å². The Bertz CT molecular complexity index is 789. The lowest BCUT2D eigenvalue weighted by molar-refractivity contribution is -0.136. The van der Waals surface area contributed by atoms with Crippen molar-refractivity contribution < 1.29 is 19.2 Å². The van der Waals surface area contributed by atoms with Crippen LogP contribution < -0.4 is 5.32 Å². The minimum atomic E-state index is -0.551. The quantitative estimate of drug-likeness (QED) is 0.322. The lowest BCUT2D eigenvalue weighted by Gasteiger charge is -2.29. The zero-order valence-corrected chi connectivity index (χ0v) is 17.7. The molecule has 0 radical (unpaired) electrons. The van der Waals surface area contributed by atoms with E-state index < -0.39 is 6.04 Å². The lowest BCUT2D eigenvalue weighted by atomic mass is 10.0. The van der Waals surface area contributed by atoms with Gasteiger partial charge in [0.2, 0.25) is 11.8 Å². The maximum atomic E-state index is 12.7. The Morgan fingerprint density at radius 1 is 0.967 bits per heavy atom. The molecule has 3 rings (SSSR count). The molecule has 1 aromatic carbocycles. The summed E-state index contributed by atoms with van der Waals surface area (Å²) in [6, 6.07) is 5.46. The first-order chi connectivity index (χ1) is 14.6. The van der Waals surface area contributed by atoms with E-state index in [1.54, 1.807) is 4.90 Å². The number of rotatable bonds is 12. The highest BCUT2D eigenvalue weighted by Crippen LogP contribution is 2.28. The van der Waals surface area contributed by atoms with Crippen molar-refractivity contribution in [1.82, 2.24) is 10.2 Å². The Labute approximate surface area is 178 Å².